The van der Waals surface area contributed by atoms with Crippen LogP contribution in [0.4, 0.5) is 0 Å². The smallest absolute Gasteiger partial charge is 0.159 e. The zero-order chi connectivity index (χ0) is 18.2. The second kappa shape index (κ2) is 6.53. The first-order chi connectivity index (χ1) is 13.3. The maximum absolute atomic E-state index is 6.42. The normalized spacial score (nSPS) is 11.1. The van der Waals surface area contributed by atoms with E-state index >= 15 is 0 Å². The van der Waals surface area contributed by atoms with Crippen molar-refractivity contribution < 1.29 is 4.40 Å². The van der Waals surface area contributed by atoms with Crippen LogP contribution >= 0.6 is 11.6 Å². The Morgan fingerprint density at radius 3 is 2.00 bits per heavy atom. The van der Waals surface area contributed by atoms with Gasteiger partial charge in [-0.2, -0.15) is 4.40 Å². The first kappa shape index (κ1) is 16.0. The van der Waals surface area contributed by atoms with E-state index in [0.717, 1.165) is 5.02 Å². The second-order valence-corrected chi connectivity index (χ2v) is 7.04. The summed E-state index contributed by atoms with van der Waals surface area (Å²) in [5, 5.41) is 3.11. The van der Waals surface area contributed by atoms with Gasteiger partial charge >= 0.3 is 0 Å². The number of hydrogen-bond donors (Lipinski definition) is 0. The number of halogens is 1. The van der Waals surface area contributed by atoms with Crippen LogP contribution in [0.2, 0.25) is 5.02 Å². The first-order valence-corrected chi connectivity index (χ1v) is 9.37. The summed E-state index contributed by atoms with van der Waals surface area (Å²) in [5.41, 5.74) is 5.90. The summed E-state index contributed by atoms with van der Waals surface area (Å²) < 4.78 is 2.29. The lowest BCUT2D eigenvalue weighted by Crippen LogP contribution is -2.25. The summed E-state index contributed by atoms with van der Waals surface area (Å²) in [4.78, 5) is 0. The molecule has 27 heavy (non-hydrogen) atoms. The molecule has 0 saturated carbocycles. The number of fused-ring (bicyclic) bond motifs is 3. The summed E-state index contributed by atoms with van der Waals surface area (Å²) in [6, 6.07) is 33.6. The molecule has 5 aromatic rings. The van der Waals surface area contributed by atoms with Crippen molar-refractivity contribution in [3.63, 3.8) is 0 Å². The van der Waals surface area contributed by atoms with Gasteiger partial charge in [0.25, 0.3) is 0 Å². The molecule has 0 spiro atoms. The summed E-state index contributed by atoms with van der Waals surface area (Å²) in [7, 11) is 0. The SMILES string of the molecule is Clc1ccc2c(c1)c(-c1ccccc1)c(-c1ccccc1)[n+]1ccccc21. The summed E-state index contributed by atoms with van der Waals surface area (Å²) in [5.74, 6) is 0. The molecule has 1 nitrogen and oxygen atoms in total. The molecule has 0 bridgehead atoms. The van der Waals surface area contributed by atoms with Crippen molar-refractivity contribution in [2.45, 2.75) is 0 Å². The van der Waals surface area contributed by atoms with Crippen LogP contribution in [0.15, 0.2) is 103 Å². The van der Waals surface area contributed by atoms with Crippen molar-refractivity contribution in [2.24, 2.45) is 0 Å². The van der Waals surface area contributed by atoms with Crippen molar-refractivity contribution in [2.75, 3.05) is 0 Å². The zero-order valence-corrected chi connectivity index (χ0v) is 15.4. The van der Waals surface area contributed by atoms with Gasteiger partial charge in [-0.05, 0) is 42.0 Å². The molecule has 0 N–H and O–H groups in total. The Kier molecular flexibility index (Phi) is 3.88. The van der Waals surface area contributed by atoms with Gasteiger partial charge in [-0.3, -0.25) is 0 Å². The van der Waals surface area contributed by atoms with Gasteiger partial charge in [-0.15, -0.1) is 0 Å². The standard InChI is InChI=1S/C25H17ClN/c26-20-14-15-21-22(17-20)24(18-9-3-1-4-10-18)25(19-11-5-2-6-12-19)27-16-8-7-13-23(21)27/h1-17H/q+1. The average Bonchev–Trinajstić information content (AvgIpc) is 2.74. The third kappa shape index (κ3) is 2.68. The fourth-order valence-corrected chi connectivity index (χ4v) is 4.00. The molecule has 0 aliphatic rings. The number of rotatable bonds is 2. The maximum atomic E-state index is 6.42. The van der Waals surface area contributed by atoms with E-state index in [1.165, 1.54) is 38.7 Å². The van der Waals surface area contributed by atoms with Gasteiger partial charge in [0.2, 0.25) is 11.2 Å². The van der Waals surface area contributed by atoms with Crippen LogP contribution in [-0.2, 0) is 0 Å². The molecule has 0 aliphatic carbocycles. The van der Waals surface area contributed by atoms with E-state index in [1.54, 1.807) is 0 Å². The molecule has 0 fully saturated rings. The monoisotopic (exact) mass is 366 g/mol. The molecule has 0 unspecified atom stereocenters. The van der Waals surface area contributed by atoms with Gasteiger partial charge in [-0.25, -0.2) is 0 Å². The molecule has 0 aliphatic heterocycles. The Morgan fingerprint density at radius 1 is 0.593 bits per heavy atom. The maximum Gasteiger partial charge on any atom is 0.226 e. The van der Waals surface area contributed by atoms with E-state index in [0.29, 0.717) is 0 Å². The second-order valence-electron chi connectivity index (χ2n) is 6.60. The van der Waals surface area contributed by atoms with E-state index in [1.807, 2.05) is 6.07 Å². The van der Waals surface area contributed by atoms with Crippen LogP contribution in [-0.4, -0.2) is 0 Å². The molecule has 3 aromatic carbocycles. The number of benzene rings is 3. The molecule has 5 rings (SSSR count). The van der Waals surface area contributed by atoms with Crippen LogP contribution in [0.25, 0.3) is 38.7 Å². The van der Waals surface area contributed by atoms with Gasteiger partial charge in [0.1, 0.15) is 0 Å². The van der Waals surface area contributed by atoms with Gasteiger partial charge < -0.3 is 0 Å². The minimum absolute atomic E-state index is 0.749. The minimum atomic E-state index is 0.749. The number of nitrogens with zero attached hydrogens (tertiary/aromatic N) is 1. The highest BCUT2D eigenvalue weighted by molar-refractivity contribution is 6.31. The Bertz CT molecular complexity index is 1260. The lowest BCUT2D eigenvalue weighted by Gasteiger charge is -2.12. The molecule has 0 amide bonds. The summed E-state index contributed by atoms with van der Waals surface area (Å²) >= 11 is 6.42. The van der Waals surface area contributed by atoms with E-state index in [2.05, 4.69) is 102 Å². The molecular formula is C25H17ClN+. The number of hydrogen-bond acceptors (Lipinski definition) is 0. The van der Waals surface area contributed by atoms with Crippen LogP contribution in [0.3, 0.4) is 0 Å². The number of pyridine rings is 2. The van der Waals surface area contributed by atoms with Crippen molar-refractivity contribution in [3.05, 3.63) is 108 Å². The average molecular weight is 367 g/mol. The fraction of sp³-hybridized carbons (Fsp3) is 0. The third-order valence-electron chi connectivity index (χ3n) is 4.97. The van der Waals surface area contributed by atoms with Crippen LogP contribution < -0.4 is 4.40 Å². The molecular weight excluding hydrogens is 350 g/mol. The summed E-state index contributed by atoms with van der Waals surface area (Å²) in [6.07, 6.45) is 2.14. The van der Waals surface area contributed by atoms with Gasteiger partial charge in [0, 0.05) is 28.1 Å². The molecule has 0 radical (unpaired) electrons. The minimum Gasteiger partial charge on any atom is -0.159 e. The molecule has 2 heteroatoms. The quantitative estimate of drug-likeness (QED) is 0.246. The lowest BCUT2D eigenvalue weighted by molar-refractivity contribution is -0.497. The van der Waals surface area contributed by atoms with Crippen molar-refractivity contribution in [3.8, 4) is 22.4 Å². The Morgan fingerprint density at radius 2 is 1.26 bits per heavy atom. The van der Waals surface area contributed by atoms with Crippen molar-refractivity contribution in [1.82, 2.24) is 0 Å². The van der Waals surface area contributed by atoms with Gasteiger partial charge in [-0.1, -0.05) is 60.1 Å². The van der Waals surface area contributed by atoms with E-state index in [9.17, 15) is 0 Å². The van der Waals surface area contributed by atoms with Crippen LogP contribution in [0, 0.1) is 0 Å². The Labute approximate surface area is 163 Å². The van der Waals surface area contributed by atoms with Crippen molar-refractivity contribution in [1.29, 1.82) is 0 Å². The fourth-order valence-electron chi connectivity index (χ4n) is 3.83. The Balaban J connectivity index is 2.07. The van der Waals surface area contributed by atoms with Crippen molar-refractivity contribution >= 4 is 27.9 Å². The molecule has 128 valence electrons. The molecule has 2 heterocycles. The van der Waals surface area contributed by atoms with Gasteiger partial charge in [0.05, 0.1) is 10.9 Å². The topological polar surface area (TPSA) is 4.10 Å². The molecule has 0 atom stereocenters. The highest BCUT2D eigenvalue weighted by atomic mass is 35.5. The lowest BCUT2D eigenvalue weighted by atomic mass is 9.93. The number of aromatic nitrogens is 1. The van der Waals surface area contributed by atoms with E-state index < -0.39 is 0 Å². The highest BCUT2D eigenvalue weighted by Crippen LogP contribution is 2.38. The summed E-state index contributed by atoms with van der Waals surface area (Å²) in [6.45, 7) is 0. The third-order valence-corrected chi connectivity index (χ3v) is 5.21. The molecule has 0 saturated heterocycles. The van der Waals surface area contributed by atoms with Crippen LogP contribution in [0.5, 0.6) is 0 Å². The predicted molar refractivity (Wildman–Crippen MR) is 113 cm³/mol. The molecule has 2 aromatic heterocycles. The Hall–Kier alpha value is -3.16. The largest absolute Gasteiger partial charge is 0.226 e. The zero-order valence-electron chi connectivity index (χ0n) is 14.6. The van der Waals surface area contributed by atoms with E-state index in [4.69, 9.17) is 11.6 Å². The van der Waals surface area contributed by atoms with Crippen LogP contribution in [0.1, 0.15) is 0 Å². The predicted octanol–water partition coefficient (Wildman–Crippen LogP) is 6.57. The van der Waals surface area contributed by atoms with Gasteiger partial charge in [0.15, 0.2) is 6.20 Å². The first-order valence-electron chi connectivity index (χ1n) is 8.99. The van der Waals surface area contributed by atoms with E-state index in [-0.39, 0.29) is 0 Å². The highest BCUT2D eigenvalue weighted by Gasteiger charge is 2.24.